The summed E-state index contributed by atoms with van der Waals surface area (Å²) in [6.45, 7) is 3.20. The van der Waals surface area contributed by atoms with Gasteiger partial charge < -0.3 is 14.7 Å². The summed E-state index contributed by atoms with van der Waals surface area (Å²) in [6, 6.07) is 0. The summed E-state index contributed by atoms with van der Waals surface area (Å²) in [6.07, 6.45) is 1.16. The zero-order chi connectivity index (χ0) is 17.1. The maximum Gasteiger partial charge on any atom is 0.276 e. The Bertz CT molecular complexity index is 520. The van der Waals surface area contributed by atoms with Crippen molar-refractivity contribution in [1.29, 1.82) is 0 Å². The lowest BCUT2D eigenvalue weighted by Crippen LogP contribution is -2.61. The van der Waals surface area contributed by atoms with Gasteiger partial charge in [0.1, 0.15) is 0 Å². The summed E-state index contributed by atoms with van der Waals surface area (Å²) in [7, 11) is -2.10. The van der Waals surface area contributed by atoms with Gasteiger partial charge in [-0.25, -0.2) is 5.14 Å². The molecule has 3 N–H and O–H groups in total. The van der Waals surface area contributed by atoms with Gasteiger partial charge in [0, 0.05) is 52.9 Å². The molecule has 2 fully saturated rings. The van der Waals surface area contributed by atoms with Gasteiger partial charge in [-0.1, -0.05) is 0 Å². The zero-order valence-electron chi connectivity index (χ0n) is 13.5. The topological polar surface area (TPSA) is 116 Å². The number of nitrogens with two attached hydrogens (primary N) is 1. The summed E-state index contributed by atoms with van der Waals surface area (Å²) < 4.78 is 28.8. The summed E-state index contributed by atoms with van der Waals surface area (Å²) in [5, 5.41) is 15.9. The third kappa shape index (κ3) is 4.61. The molecule has 9 nitrogen and oxygen atoms in total. The number of methoxy groups -OCH3 is 1. The number of β-amino-alcohol motifs (C(OH)–C–C–N with tert-alkyl or cyclic N) is 1. The second-order valence-corrected chi connectivity index (χ2v) is 7.69. The number of hydrogen-bond acceptors (Lipinski definition) is 6. The van der Waals surface area contributed by atoms with Crippen LogP contribution in [0.15, 0.2) is 0 Å². The molecule has 0 aliphatic carbocycles. The van der Waals surface area contributed by atoms with E-state index in [4.69, 9.17) is 9.88 Å². The molecule has 0 unspecified atom stereocenters. The third-order valence-electron chi connectivity index (χ3n) is 4.45. The lowest BCUT2D eigenvalue weighted by atomic mass is 9.91. The van der Waals surface area contributed by atoms with Crippen LogP contribution in [0.2, 0.25) is 0 Å². The monoisotopic (exact) mass is 350 g/mol. The molecule has 2 rings (SSSR count). The van der Waals surface area contributed by atoms with Crippen LogP contribution in [0.5, 0.6) is 0 Å². The second kappa shape index (κ2) is 7.41. The highest BCUT2D eigenvalue weighted by Crippen LogP contribution is 2.24. The number of likely N-dealkylation sites (tertiary alicyclic amines) is 1. The Morgan fingerprint density at radius 1 is 1.26 bits per heavy atom. The number of aliphatic hydroxyl groups is 1. The number of carbonyl (C=O) groups is 1. The van der Waals surface area contributed by atoms with Crippen molar-refractivity contribution in [3.8, 4) is 0 Å². The highest BCUT2D eigenvalue weighted by Gasteiger charge is 2.43. The van der Waals surface area contributed by atoms with Crippen molar-refractivity contribution in [2.75, 3.05) is 59.5 Å². The highest BCUT2D eigenvalue weighted by molar-refractivity contribution is 7.86. The Kier molecular flexibility index (Phi) is 5.98. The molecule has 0 bridgehead atoms. The van der Waals surface area contributed by atoms with Gasteiger partial charge in [-0.05, 0) is 12.8 Å². The lowest BCUT2D eigenvalue weighted by Gasteiger charge is -2.42. The molecule has 0 saturated carbocycles. The number of amides is 1. The van der Waals surface area contributed by atoms with E-state index in [1.807, 2.05) is 4.90 Å². The summed E-state index contributed by atoms with van der Waals surface area (Å²) in [4.78, 5) is 16.1. The molecule has 0 aromatic carbocycles. The zero-order valence-corrected chi connectivity index (χ0v) is 14.3. The van der Waals surface area contributed by atoms with Gasteiger partial charge in [0.25, 0.3) is 16.1 Å². The molecule has 2 heterocycles. The maximum atomic E-state index is 12.5. The van der Waals surface area contributed by atoms with Crippen LogP contribution in [0.3, 0.4) is 0 Å². The fourth-order valence-corrected chi connectivity index (χ4v) is 3.81. The first-order valence-electron chi connectivity index (χ1n) is 7.77. The highest BCUT2D eigenvalue weighted by atomic mass is 32.2. The minimum atomic E-state index is -3.67. The molecule has 2 aliphatic rings. The van der Waals surface area contributed by atoms with Crippen LogP contribution in [0.25, 0.3) is 0 Å². The molecule has 0 radical (unpaired) electrons. The summed E-state index contributed by atoms with van der Waals surface area (Å²) >= 11 is 0. The summed E-state index contributed by atoms with van der Waals surface area (Å²) in [5.41, 5.74) is -1.41. The van der Waals surface area contributed by atoms with Crippen LogP contribution in [0.1, 0.15) is 12.8 Å². The van der Waals surface area contributed by atoms with E-state index in [1.165, 1.54) is 4.31 Å². The molecule has 134 valence electrons. The van der Waals surface area contributed by atoms with Crippen LogP contribution < -0.4 is 5.14 Å². The number of hydrogen-bond donors (Lipinski definition) is 2. The van der Waals surface area contributed by atoms with Crippen LogP contribution in [-0.4, -0.2) is 98.7 Å². The molecule has 2 aliphatic heterocycles. The van der Waals surface area contributed by atoms with Gasteiger partial charge in [0.2, 0.25) is 0 Å². The molecule has 1 amide bonds. The first-order chi connectivity index (χ1) is 10.8. The van der Waals surface area contributed by atoms with Crippen molar-refractivity contribution in [3.63, 3.8) is 0 Å². The molecule has 0 aromatic heterocycles. The maximum absolute atomic E-state index is 12.5. The number of piperidine rings is 1. The number of nitrogens with zero attached hydrogens (tertiary/aromatic N) is 3. The number of piperazine rings is 1. The lowest BCUT2D eigenvalue weighted by molar-refractivity contribution is -0.160. The van der Waals surface area contributed by atoms with Gasteiger partial charge in [-0.2, -0.15) is 12.7 Å². The molecule has 1 atom stereocenters. The van der Waals surface area contributed by atoms with Gasteiger partial charge in [0.05, 0.1) is 6.61 Å². The molecule has 0 spiro atoms. The number of carbonyl (C=O) groups excluding carboxylic acids is 1. The summed E-state index contributed by atoms with van der Waals surface area (Å²) in [5.74, 6) is -0.269. The molecule has 23 heavy (non-hydrogen) atoms. The SMILES string of the molecule is COCCN1CCC[C@](O)(CN2CCN(S(N)(=O)=O)CC2)C1=O. The first kappa shape index (κ1) is 18.6. The molecule has 0 aromatic rings. The van der Waals surface area contributed by atoms with Gasteiger partial charge >= 0.3 is 0 Å². The molecular formula is C13H26N4O5S. The van der Waals surface area contributed by atoms with Crippen molar-refractivity contribution in [1.82, 2.24) is 14.1 Å². The van der Waals surface area contributed by atoms with Crippen LogP contribution in [0.4, 0.5) is 0 Å². The normalized spacial score (nSPS) is 28.3. The fourth-order valence-electron chi connectivity index (χ4n) is 3.14. The van der Waals surface area contributed by atoms with Crippen LogP contribution in [0, 0.1) is 0 Å². The Morgan fingerprint density at radius 3 is 2.48 bits per heavy atom. The third-order valence-corrected chi connectivity index (χ3v) is 5.53. The minimum Gasteiger partial charge on any atom is -0.383 e. The molecular weight excluding hydrogens is 324 g/mol. The largest absolute Gasteiger partial charge is 0.383 e. The van der Waals surface area contributed by atoms with E-state index in [2.05, 4.69) is 0 Å². The minimum absolute atomic E-state index is 0.216. The quantitative estimate of drug-likeness (QED) is 0.562. The average molecular weight is 350 g/mol. The first-order valence-corrected chi connectivity index (χ1v) is 9.27. The Hall–Kier alpha value is -0.780. The second-order valence-electron chi connectivity index (χ2n) is 6.14. The molecule has 10 heteroatoms. The van der Waals surface area contributed by atoms with Crippen molar-refractivity contribution in [3.05, 3.63) is 0 Å². The Balaban J connectivity index is 1.92. The predicted octanol–water partition coefficient (Wildman–Crippen LogP) is -2.19. The fraction of sp³-hybridized carbons (Fsp3) is 0.923. The van der Waals surface area contributed by atoms with Crippen molar-refractivity contribution in [2.24, 2.45) is 5.14 Å². The Labute approximate surface area is 137 Å². The van der Waals surface area contributed by atoms with Crippen molar-refractivity contribution < 1.29 is 23.1 Å². The van der Waals surface area contributed by atoms with E-state index < -0.39 is 15.8 Å². The predicted molar refractivity (Wildman–Crippen MR) is 83.8 cm³/mol. The van der Waals surface area contributed by atoms with Gasteiger partial charge in [-0.15, -0.1) is 0 Å². The van der Waals surface area contributed by atoms with E-state index >= 15 is 0 Å². The van der Waals surface area contributed by atoms with Gasteiger partial charge in [0.15, 0.2) is 5.60 Å². The molecule has 2 saturated heterocycles. The standard InChI is InChI=1S/C13H26N4O5S/c1-22-10-9-16-4-2-3-13(19,12(16)18)11-15-5-7-17(8-6-15)23(14,20)21/h19H,2-11H2,1H3,(H2,14,20,21)/t13-/m0/s1. The van der Waals surface area contributed by atoms with E-state index in [-0.39, 0.29) is 25.5 Å². The van der Waals surface area contributed by atoms with Crippen LogP contribution in [-0.2, 0) is 19.7 Å². The van der Waals surface area contributed by atoms with E-state index in [0.717, 1.165) is 6.42 Å². The number of rotatable bonds is 6. The van der Waals surface area contributed by atoms with Crippen LogP contribution >= 0.6 is 0 Å². The van der Waals surface area contributed by atoms with E-state index in [1.54, 1.807) is 12.0 Å². The number of ether oxygens (including phenoxy) is 1. The Morgan fingerprint density at radius 2 is 1.91 bits per heavy atom. The van der Waals surface area contributed by atoms with Gasteiger partial charge in [-0.3, -0.25) is 9.69 Å². The average Bonchev–Trinajstić information content (AvgIpc) is 2.48. The van der Waals surface area contributed by atoms with Crippen molar-refractivity contribution >= 4 is 16.1 Å². The van der Waals surface area contributed by atoms with E-state index in [0.29, 0.717) is 39.2 Å². The van der Waals surface area contributed by atoms with Crippen molar-refractivity contribution in [2.45, 2.75) is 18.4 Å². The van der Waals surface area contributed by atoms with E-state index in [9.17, 15) is 18.3 Å². The smallest absolute Gasteiger partial charge is 0.276 e.